The van der Waals surface area contributed by atoms with Crippen molar-refractivity contribution in [2.24, 2.45) is 0 Å². The molecule has 2 unspecified atom stereocenters. The molecule has 5 nitrogen and oxygen atoms in total. The van der Waals surface area contributed by atoms with Crippen LogP contribution in [0.3, 0.4) is 0 Å². The Morgan fingerprint density at radius 3 is 2.31 bits per heavy atom. The third-order valence-corrected chi connectivity index (χ3v) is 4.81. The van der Waals surface area contributed by atoms with Crippen LogP contribution in [0.15, 0.2) is 0 Å². The van der Waals surface area contributed by atoms with E-state index in [9.17, 15) is 8.42 Å². The highest BCUT2D eigenvalue weighted by Gasteiger charge is 2.33. The molecule has 0 aromatic heterocycles. The number of rotatable bonds is 5. The minimum atomic E-state index is -3.06. The highest BCUT2D eigenvalue weighted by Crippen LogP contribution is 2.24. The molecule has 2 atom stereocenters. The molecular formula is C10H21NO4S. The topological polar surface area (TPSA) is 86.6 Å². The molecule has 1 saturated carbocycles. The fourth-order valence-corrected chi connectivity index (χ4v) is 3.67. The summed E-state index contributed by atoms with van der Waals surface area (Å²) >= 11 is 0. The quantitative estimate of drug-likeness (QED) is 0.600. The van der Waals surface area contributed by atoms with Gasteiger partial charge in [0.05, 0.1) is 24.5 Å². The van der Waals surface area contributed by atoms with Crippen molar-refractivity contribution in [3.8, 4) is 0 Å². The van der Waals surface area contributed by atoms with Crippen molar-refractivity contribution in [2.75, 3.05) is 19.5 Å². The highest BCUT2D eigenvalue weighted by molar-refractivity contribution is 7.91. The SMILES string of the molecule is CS(=O)(=O)C1CCCCC1NC(CO)CO. The van der Waals surface area contributed by atoms with Gasteiger partial charge in [0.25, 0.3) is 0 Å². The van der Waals surface area contributed by atoms with Gasteiger partial charge in [0, 0.05) is 12.3 Å². The Morgan fingerprint density at radius 1 is 1.25 bits per heavy atom. The lowest BCUT2D eigenvalue weighted by Gasteiger charge is -2.33. The van der Waals surface area contributed by atoms with Crippen molar-refractivity contribution in [3.63, 3.8) is 0 Å². The Bertz CT molecular complexity index is 300. The molecule has 1 aliphatic carbocycles. The van der Waals surface area contributed by atoms with Gasteiger partial charge in [-0.3, -0.25) is 0 Å². The number of sulfone groups is 1. The highest BCUT2D eigenvalue weighted by atomic mass is 32.2. The van der Waals surface area contributed by atoms with Crippen molar-refractivity contribution >= 4 is 9.84 Å². The predicted molar refractivity (Wildman–Crippen MR) is 62.0 cm³/mol. The molecule has 1 rings (SSSR count). The molecule has 0 saturated heterocycles. The van der Waals surface area contributed by atoms with Crippen molar-refractivity contribution in [3.05, 3.63) is 0 Å². The van der Waals surface area contributed by atoms with Gasteiger partial charge in [-0.05, 0) is 12.8 Å². The molecule has 0 radical (unpaired) electrons. The van der Waals surface area contributed by atoms with Gasteiger partial charge >= 0.3 is 0 Å². The van der Waals surface area contributed by atoms with E-state index in [2.05, 4.69) is 5.32 Å². The maximum Gasteiger partial charge on any atom is 0.151 e. The van der Waals surface area contributed by atoms with Gasteiger partial charge in [-0.15, -0.1) is 0 Å². The first-order valence-electron chi connectivity index (χ1n) is 5.65. The summed E-state index contributed by atoms with van der Waals surface area (Å²) in [6.45, 7) is -0.354. The van der Waals surface area contributed by atoms with Gasteiger partial charge < -0.3 is 15.5 Å². The van der Waals surface area contributed by atoms with Crippen LogP contribution in [0.1, 0.15) is 25.7 Å². The zero-order valence-corrected chi connectivity index (χ0v) is 10.4. The predicted octanol–water partition coefficient (Wildman–Crippen LogP) is -0.715. The maximum absolute atomic E-state index is 11.6. The molecule has 0 bridgehead atoms. The monoisotopic (exact) mass is 251 g/mol. The molecule has 0 spiro atoms. The second-order valence-electron chi connectivity index (χ2n) is 4.49. The third-order valence-electron chi connectivity index (χ3n) is 3.14. The van der Waals surface area contributed by atoms with Gasteiger partial charge in [-0.1, -0.05) is 12.8 Å². The van der Waals surface area contributed by atoms with Crippen molar-refractivity contribution in [1.29, 1.82) is 0 Å². The summed E-state index contributed by atoms with van der Waals surface area (Å²) in [5.74, 6) is 0. The van der Waals surface area contributed by atoms with Crippen LogP contribution < -0.4 is 5.32 Å². The Kier molecular flexibility index (Phi) is 5.17. The largest absolute Gasteiger partial charge is 0.395 e. The fraction of sp³-hybridized carbons (Fsp3) is 1.00. The molecule has 0 aliphatic heterocycles. The Hall–Kier alpha value is -0.170. The smallest absolute Gasteiger partial charge is 0.151 e. The van der Waals surface area contributed by atoms with E-state index in [0.717, 1.165) is 19.3 Å². The summed E-state index contributed by atoms with van der Waals surface area (Å²) in [6, 6.07) is -0.569. The molecule has 1 fully saturated rings. The van der Waals surface area contributed by atoms with E-state index in [0.29, 0.717) is 6.42 Å². The first-order valence-corrected chi connectivity index (χ1v) is 7.61. The standard InChI is InChI=1S/C10H21NO4S/c1-16(14,15)10-5-3-2-4-9(10)11-8(6-12)7-13/h8-13H,2-7H2,1H3. The van der Waals surface area contributed by atoms with E-state index in [4.69, 9.17) is 10.2 Å². The zero-order chi connectivity index (χ0) is 12.2. The average molecular weight is 251 g/mol. The lowest BCUT2D eigenvalue weighted by atomic mass is 9.94. The van der Waals surface area contributed by atoms with Crippen LogP contribution in [0.2, 0.25) is 0 Å². The van der Waals surface area contributed by atoms with Crippen molar-refractivity contribution in [2.45, 2.75) is 43.0 Å². The number of nitrogens with one attached hydrogen (secondary N) is 1. The molecule has 96 valence electrons. The van der Waals surface area contributed by atoms with Crippen LogP contribution in [-0.4, -0.2) is 55.4 Å². The molecule has 6 heteroatoms. The van der Waals surface area contributed by atoms with Crippen molar-refractivity contribution in [1.82, 2.24) is 5.32 Å². The molecular weight excluding hydrogens is 230 g/mol. The molecule has 0 aromatic carbocycles. The minimum Gasteiger partial charge on any atom is -0.395 e. The molecule has 1 aliphatic rings. The van der Waals surface area contributed by atoms with Gasteiger partial charge in [0.2, 0.25) is 0 Å². The second kappa shape index (κ2) is 5.95. The molecule has 16 heavy (non-hydrogen) atoms. The van der Waals surface area contributed by atoms with Crippen LogP contribution in [-0.2, 0) is 9.84 Å². The van der Waals surface area contributed by atoms with E-state index in [1.54, 1.807) is 0 Å². The minimum absolute atomic E-state index is 0.145. The summed E-state index contributed by atoms with van der Waals surface area (Å²) in [7, 11) is -3.06. The van der Waals surface area contributed by atoms with E-state index in [1.165, 1.54) is 6.26 Å². The Morgan fingerprint density at radius 2 is 1.81 bits per heavy atom. The zero-order valence-electron chi connectivity index (χ0n) is 9.59. The summed E-state index contributed by atoms with van der Waals surface area (Å²) in [4.78, 5) is 0. The van der Waals surface area contributed by atoms with Gasteiger partial charge in [0.15, 0.2) is 9.84 Å². The second-order valence-corrected chi connectivity index (χ2v) is 6.75. The van der Waals surface area contributed by atoms with E-state index >= 15 is 0 Å². The van der Waals surface area contributed by atoms with Gasteiger partial charge in [-0.2, -0.15) is 0 Å². The van der Waals surface area contributed by atoms with Crippen LogP contribution in [0, 0.1) is 0 Å². The van der Waals surface area contributed by atoms with E-state index in [-0.39, 0.29) is 24.5 Å². The first kappa shape index (κ1) is 13.9. The lowest BCUT2D eigenvalue weighted by Crippen LogP contribution is -2.52. The molecule has 0 aromatic rings. The first-order chi connectivity index (χ1) is 7.49. The normalized spacial score (nSPS) is 27.2. The number of aliphatic hydroxyl groups excluding tert-OH is 2. The van der Waals surface area contributed by atoms with E-state index in [1.807, 2.05) is 0 Å². The Balaban J connectivity index is 2.67. The number of aliphatic hydroxyl groups is 2. The molecule has 0 amide bonds. The third kappa shape index (κ3) is 3.69. The summed E-state index contributed by atoms with van der Waals surface area (Å²) in [5, 5.41) is 20.6. The van der Waals surface area contributed by atoms with Gasteiger partial charge in [0.1, 0.15) is 0 Å². The molecule has 0 heterocycles. The maximum atomic E-state index is 11.6. The number of hydrogen-bond acceptors (Lipinski definition) is 5. The lowest BCUT2D eigenvalue weighted by molar-refractivity contribution is 0.155. The van der Waals surface area contributed by atoms with Crippen LogP contribution in [0.4, 0.5) is 0 Å². The number of hydrogen-bond donors (Lipinski definition) is 3. The van der Waals surface area contributed by atoms with Crippen LogP contribution >= 0.6 is 0 Å². The summed E-state index contributed by atoms with van der Waals surface area (Å²) < 4.78 is 23.2. The van der Waals surface area contributed by atoms with Gasteiger partial charge in [-0.25, -0.2) is 8.42 Å². The van der Waals surface area contributed by atoms with Crippen LogP contribution in [0.5, 0.6) is 0 Å². The summed E-state index contributed by atoms with van der Waals surface area (Å²) in [6.07, 6.45) is 4.63. The summed E-state index contributed by atoms with van der Waals surface area (Å²) in [5.41, 5.74) is 0. The van der Waals surface area contributed by atoms with Crippen molar-refractivity contribution < 1.29 is 18.6 Å². The fourth-order valence-electron chi connectivity index (χ4n) is 2.27. The average Bonchev–Trinajstić information content (AvgIpc) is 2.25. The Labute approximate surface area is 96.8 Å². The van der Waals surface area contributed by atoms with E-state index < -0.39 is 15.9 Å². The molecule has 3 N–H and O–H groups in total. The van der Waals surface area contributed by atoms with Crippen LogP contribution in [0.25, 0.3) is 0 Å².